The SMILES string of the molecule is CC(C)CNc1nc(N)c(C(=O)NCc2ccn(C)n2)s1. The summed E-state index contributed by atoms with van der Waals surface area (Å²) in [5.41, 5.74) is 6.60. The number of amides is 1. The molecule has 0 aliphatic carbocycles. The van der Waals surface area contributed by atoms with Gasteiger partial charge < -0.3 is 16.4 Å². The third kappa shape index (κ3) is 4.19. The first-order valence-electron chi connectivity index (χ1n) is 6.72. The molecule has 2 heterocycles. The molecule has 0 bridgehead atoms. The fourth-order valence-electron chi connectivity index (χ4n) is 1.67. The fraction of sp³-hybridized carbons (Fsp3) is 0.462. The lowest BCUT2D eigenvalue weighted by atomic mass is 10.2. The van der Waals surface area contributed by atoms with Gasteiger partial charge in [0.05, 0.1) is 12.2 Å². The molecule has 2 rings (SSSR count). The van der Waals surface area contributed by atoms with Gasteiger partial charge in [0, 0.05) is 19.8 Å². The number of nitrogens with zero attached hydrogens (tertiary/aromatic N) is 3. The molecule has 0 radical (unpaired) electrons. The highest BCUT2D eigenvalue weighted by atomic mass is 32.1. The summed E-state index contributed by atoms with van der Waals surface area (Å²) in [6.45, 7) is 5.36. The number of hydrogen-bond acceptors (Lipinski definition) is 6. The Kier molecular flexibility index (Phi) is 4.79. The number of aromatic nitrogens is 3. The van der Waals surface area contributed by atoms with E-state index < -0.39 is 0 Å². The van der Waals surface area contributed by atoms with Crippen molar-refractivity contribution in [2.75, 3.05) is 17.6 Å². The maximum absolute atomic E-state index is 12.1. The molecule has 0 aromatic carbocycles. The van der Waals surface area contributed by atoms with Gasteiger partial charge in [-0.25, -0.2) is 4.98 Å². The lowest BCUT2D eigenvalue weighted by Gasteiger charge is -2.04. The molecule has 4 N–H and O–H groups in total. The van der Waals surface area contributed by atoms with Gasteiger partial charge in [0.2, 0.25) is 0 Å². The van der Waals surface area contributed by atoms with Gasteiger partial charge in [0.25, 0.3) is 5.91 Å². The molecule has 0 fully saturated rings. The highest BCUT2D eigenvalue weighted by Crippen LogP contribution is 2.25. The fourth-order valence-corrected chi connectivity index (χ4v) is 2.48. The number of hydrogen-bond donors (Lipinski definition) is 3. The van der Waals surface area contributed by atoms with Crippen LogP contribution in [0.15, 0.2) is 12.3 Å². The Morgan fingerprint density at radius 1 is 1.52 bits per heavy atom. The summed E-state index contributed by atoms with van der Waals surface area (Å²) >= 11 is 1.27. The summed E-state index contributed by atoms with van der Waals surface area (Å²) in [5, 5.41) is 10.8. The van der Waals surface area contributed by atoms with Crippen molar-refractivity contribution in [3.8, 4) is 0 Å². The van der Waals surface area contributed by atoms with E-state index in [2.05, 4.69) is 34.6 Å². The smallest absolute Gasteiger partial charge is 0.265 e. The van der Waals surface area contributed by atoms with Crippen molar-refractivity contribution in [2.45, 2.75) is 20.4 Å². The lowest BCUT2D eigenvalue weighted by Crippen LogP contribution is -2.23. The van der Waals surface area contributed by atoms with Crippen molar-refractivity contribution >= 4 is 28.2 Å². The third-order valence-corrected chi connectivity index (χ3v) is 3.75. The molecule has 114 valence electrons. The maximum Gasteiger partial charge on any atom is 0.265 e. The van der Waals surface area contributed by atoms with Crippen molar-refractivity contribution in [3.63, 3.8) is 0 Å². The molecule has 21 heavy (non-hydrogen) atoms. The van der Waals surface area contributed by atoms with Crippen molar-refractivity contribution < 1.29 is 4.79 Å². The molecule has 0 saturated carbocycles. The molecule has 8 heteroatoms. The van der Waals surface area contributed by atoms with E-state index in [1.54, 1.807) is 4.68 Å². The van der Waals surface area contributed by atoms with Crippen LogP contribution in [0.3, 0.4) is 0 Å². The van der Waals surface area contributed by atoms with E-state index in [-0.39, 0.29) is 11.7 Å². The minimum Gasteiger partial charge on any atom is -0.382 e. The van der Waals surface area contributed by atoms with Gasteiger partial charge in [-0.1, -0.05) is 25.2 Å². The number of thiazole rings is 1. The number of aryl methyl sites for hydroxylation is 1. The van der Waals surface area contributed by atoms with Gasteiger partial charge in [-0.3, -0.25) is 9.48 Å². The topological polar surface area (TPSA) is 97.9 Å². The first-order chi connectivity index (χ1) is 9.95. The molecule has 0 unspecified atom stereocenters. The third-order valence-electron chi connectivity index (χ3n) is 2.72. The normalized spacial score (nSPS) is 10.9. The van der Waals surface area contributed by atoms with Crippen molar-refractivity contribution in [1.82, 2.24) is 20.1 Å². The van der Waals surface area contributed by atoms with E-state index >= 15 is 0 Å². The van der Waals surface area contributed by atoms with Gasteiger partial charge in [-0.05, 0) is 12.0 Å². The van der Waals surface area contributed by atoms with Crippen LogP contribution in [0.4, 0.5) is 10.9 Å². The Morgan fingerprint density at radius 3 is 2.90 bits per heavy atom. The minimum absolute atomic E-state index is 0.228. The van der Waals surface area contributed by atoms with Crippen LogP contribution in [0.1, 0.15) is 29.2 Å². The largest absolute Gasteiger partial charge is 0.382 e. The van der Waals surface area contributed by atoms with Gasteiger partial charge in [-0.15, -0.1) is 0 Å². The molecule has 2 aromatic heterocycles. The Bertz CT molecular complexity index is 618. The molecule has 7 nitrogen and oxygen atoms in total. The number of nitrogens with two attached hydrogens (primary N) is 1. The molecule has 0 spiro atoms. The van der Waals surface area contributed by atoms with Crippen LogP contribution in [-0.2, 0) is 13.6 Å². The first-order valence-corrected chi connectivity index (χ1v) is 7.54. The summed E-state index contributed by atoms with van der Waals surface area (Å²) in [6.07, 6.45) is 1.83. The summed E-state index contributed by atoms with van der Waals surface area (Å²) in [4.78, 5) is 16.7. The Labute approximate surface area is 127 Å². The number of carbonyl (C=O) groups excluding carboxylic acids is 1. The van der Waals surface area contributed by atoms with Gasteiger partial charge in [-0.2, -0.15) is 5.10 Å². The van der Waals surface area contributed by atoms with Crippen molar-refractivity contribution in [2.24, 2.45) is 13.0 Å². The summed E-state index contributed by atoms with van der Waals surface area (Å²) in [5.74, 6) is 0.523. The molecule has 2 aromatic rings. The Morgan fingerprint density at radius 2 is 2.29 bits per heavy atom. The van der Waals surface area contributed by atoms with E-state index in [1.165, 1.54) is 11.3 Å². The Hall–Kier alpha value is -2.09. The monoisotopic (exact) mass is 308 g/mol. The van der Waals surface area contributed by atoms with E-state index in [9.17, 15) is 4.79 Å². The molecule has 0 atom stereocenters. The standard InChI is InChI=1S/C13H20N6OS/c1-8(2)6-16-13-17-11(14)10(21-13)12(20)15-7-9-4-5-19(3)18-9/h4-5,8H,6-7,14H2,1-3H3,(H,15,20)(H,16,17). The summed E-state index contributed by atoms with van der Waals surface area (Å²) in [6, 6.07) is 1.85. The average molecular weight is 308 g/mol. The van der Waals surface area contributed by atoms with Gasteiger partial charge in [0.1, 0.15) is 10.7 Å². The molecule has 0 aliphatic rings. The number of nitrogen functional groups attached to an aromatic ring is 1. The highest BCUT2D eigenvalue weighted by Gasteiger charge is 2.16. The van der Waals surface area contributed by atoms with E-state index in [0.717, 1.165) is 12.2 Å². The molecule has 1 amide bonds. The van der Waals surface area contributed by atoms with Crippen LogP contribution in [0.2, 0.25) is 0 Å². The Balaban J connectivity index is 1.95. The zero-order valence-corrected chi connectivity index (χ0v) is 13.2. The summed E-state index contributed by atoms with van der Waals surface area (Å²) in [7, 11) is 1.83. The molecule has 0 aliphatic heterocycles. The second-order valence-electron chi connectivity index (χ2n) is 5.17. The molecular weight excluding hydrogens is 288 g/mol. The first kappa shape index (κ1) is 15.3. The average Bonchev–Trinajstić information content (AvgIpc) is 3.00. The van der Waals surface area contributed by atoms with E-state index in [0.29, 0.717) is 22.5 Å². The lowest BCUT2D eigenvalue weighted by molar-refractivity contribution is 0.0955. The van der Waals surface area contributed by atoms with Crippen LogP contribution < -0.4 is 16.4 Å². The molecule has 0 saturated heterocycles. The van der Waals surface area contributed by atoms with Crippen LogP contribution in [0.5, 0.6) is 0 Å². The molecular formula is C13H20N6OS. The second kappa shape index (κ2) is 6.57. The van der Waals surface area contributed by atoms with Gasteiger partial charge >= 0.3 is 0 Å². The maximum atomic E-state index is 12.1. The summed E-state index contributed by atoms with van der Waals surface area (Å²) < 4.78 is 1.69. The quantitative estimate of drug-likeness (QED) is 0.750. The van der Waals surface area contributed by atoms with Crippen LogP contribution in [-0.4, -0.2) is 27.2 Å². The van der Waals surface area contributed by atoms with E-state index in [4.69, 9.17) is 5.73 Å². The zero-order chi connectivity index (χ0) is 15.4. The zero-order valence-electron chi connectivity index (χ0n) is 12.4. The van der Waals surface area contributed by atoms with Crippen LogP contribution in [0.25, 0.3) is 0 Å². The van der Waals surface area contributed by atoms with Crippen LogP contribution in [0, 0.1) is 5.92 Å². The minimum atomic E-state index is -0.228. The number of nitrogens with one attached hydrogen (secondary N) is 2. The van der Waals surface area contributed by atoms with Gasteiger partial charge in [0.15, 0.2) is 5.13 Å². The number of rotatable bonds is 6. The van der Waals surface area contributed by atoms with Crippen LogP contribution >= 0.6 is 11.3 Å². The number of anilines is 2. The van der Waals surface area contributed by atoms with Crippen molar-refractivity contribution in [1.29, 1.82) is 0 Å². The highest BCUT2D eigenvalue weighted by molar-refractivity contribution is 7.18. The number of carbonyl (C=O) groups is 1. The van der Waals surface area contributed by atoms with E-state index in [1.807, 2.05) is 19.3 Å². The second-order valence-corrected chi connectivity index (χ2v) is 6.17. The predicted molar refractivity (Wildman–Crippen MR) is 84.2 cm³/mol. The predicted octanol–water partition coefficient (Wildman–Crippen LogP) is 1.46. The van der Waals surface area contributed by atoms with Crippen molar-refractivity contribution in [3.05, 3.63) is 22.8 Å².